The zero-order valence-corrected chi connectivity index (χ0v) is 46.4. The molecule has 0 saturated heterocycles. The van der Waals surface area contributed by atoms with E-state index in [-0.39, 0.29) is 49.5 Å². The van der Waals surface area contributed by atoms with Crippen LogP contribution in [0, 0.1) is 6.07 Å². The van der Waals surface area contributed by atoms with Gasteiger partial charge in [0.05, 0.1) is 39.2 Å². The summed E-state index contributed by atoms with van der Waals surface area (Å²) < 4.78 is 11.3. The minimum atomic E-state index is -0.345. The molecule has 75 heavy (non-hydrogen) atoms. The van der Waals surface area contributed by atoms with E-state index >= 15 is 0 Å². The second-order valence-electron chi connectivity index (χ2n) is 23.0. The number of phenols is 1. The van der Waals surface area contributed by atoms with Crippen molar-refractivity contribution in [2.45, 2.75) is 91.9 Å². The second kappa shape index (κ2) is 17.5. The minimum Gasteiger partial charge on any atom is -0.507 e. The van der Waals surface area contributed by atoms with E-state index in [1.54, 1.807) is 0 Å². The Morgan fingerprint density at radius 3 is 1.93 bits per heavy atom. The number of aromatic nitrogens is 4. The van der Waals surface area contributed by atoms with E-state index in [9.17, 15) is 5.11 Å². The molecule has 374 valence electrons. The molecule has 0 fully saturated rings. The molecule has 0 spiro atoms. The molecule has 0 bridgehead atoms. The largest absolute Gasteiger partial charge is 0.507 e. The molecule has 13 rings (SSSR count). The Morgan fingerprint density at radius 1 is 0.547 bits per heavy atom. The van der Waals surface area contributed by atoms with Gasteiger partial charge in [0.2, 0.25) is 0 Å². The predicted molar refractivity (Wildman–Crippen MR) is 308 cm³/mol. The molecule has 6 nitrogen and oxygen atoms in total. The van der Waals surface area contributed by atoms with Crippen molar-refractivity contribution in [3.05, 3.63) is 186 Å². The van der Waals surface area contributed by atoms with Gasteiger partial charge in [0, 0.05) is 32.2 Å². The molecular weight excluding hydrogens is 1100 g/mol. The number of pyridine rings is 1. The van der Waals surface area contributed by atoms with Gasteiger partial charge in [-0.2, -0.15) is 0 Å². The molecule has 1 aliphatic rings. The molecule has 0 radical (unpaired) electrons. The maximum atomic E-state index is 12.8. The number of benzene rings is 9. The summed E-state index contributed by atoms with van der Waals surface area (Å²) >= 11 is 0. The van der Waals surface area contributed by atoms with Crippen LogP contribution in [0.4, 0.5) is 0 Å². The number of aromatic hydroxyl groups is 1. The number of hydrogen-bond acceptors (Lipinski definition) is 4. The molecule has 7 heteroatoms. The van der Waals surface area contributed by atoms with Crippen molar-refractivity contribution in [3.63, 3.8) is 0 Å². The summed E-state index contributed by atoms with van der Waals surface area (Å²) in [7, 11) is 0. The molecule has 0 saturated carbocycles. The molecule has 1 aliphatic heterocycles. The molecule has 4 heterocycles. The number of para-hydroxylation sites is 4. The molecule has 1 N–H and O–H groups in total. The van der Waals surface area contributed by atoms with Gasteiger partial charge in [-0.1, -0.05) is 189 Å². The molecular formula is C68H59N4O2Pt-. The number of phenolic OH excluding ortho intramolecular Hbond substituents is 1. The Bertz CT molecular complexity index is 4290. The first-order valence-electron chi connectivity index (χ1n) is 26.1. The Balaban J connectivity index is 0.00000569. The van der Waals surface area contributed by atoms with E-state index in [4.69, 9.17) is 14.7 Å². The van der Waals surface area contributed by atoms with Crippen LogP contribution >= 0.6 is 0 Å². The first-order chi connectivity index (χ1) is 35.6. The zero-order chi connectivity index (χ0) is 51.1. The van der Waals surface area contributed by atoms with E-state index in [2.05, 4.69) is 230 Å². The van der Waals surface area contributed by atoms with Gasteiger partial charge in [0.1, 0.15) is 11.6 Å². The third-order valence-electron chi connectivity index (χ3n) is 15.5. The van der Waals surface area contributed by atoms with Crippen molar-refractivity contribution in [2.75, 3.05) is 0 Å². The first-order valence-corrected chi connectivity index (χ1v) is 26.1. The van der Waals surface area contributed by atoms with Crippen molar-refractivity contribution in [1.82, 2.24) is 19.1 Å². The van der Waals surface area contributed by atoms with Gasteiger partial charge in [-0.15, -0.1) is 17.5 Å². The molecule has 0 atom stereocenters. The van der Waals surface area contributed by atoms with E-state index in [1.165, 1.54) is 22.3 Å². The molecule has 9 aromatic carbocycles. The SMILES string of the molecule is CC(C)c1cc(-c2ccccc2)cc(C(C)C)c1-n1c(-c2cc(C(C)(C)C)cc(C(C)(C)C)c2O)nc2c(-c3ccc4c5ccccc5c5c([c-]cc6c5c5cccc7c5n6-c5ccccc5O7)c4n3)cccc21.[Pt]. The van der Waals surface area contributed by atoms with Crippen LogP contribution in [-0.2, 0) is 31.9 Å². The summed E-state index contributed by atoms with van der Waals surface area (Å²) in [6.07, 6.45) is 0. The average molecular weight is 1160 g/mol. The normalized spacial score (nSPS) is 12.7. The maximum absolute atomic E-state index is 12.8. The van der Waals surface area contributed by atoms with E-state index in [1.807, 2.05) is 12.1 Å². The maximum Gasteiger partial charge on any atom is 0.151 e. The summed E-state index contributed by atoms with van der Waals surface area (Å²) in [6, 6.07) is 60.0. The van der Waals surface area contributed by atoms with E-state index < -0.39 is 0 Å². The molecule has 0 aliphatic carbocycles. The van der Waals surface area contributed by atoms with Gasteiger partial charge in [0.25, 0.3) is 0 Å². The molecule has 3 aromatic heterocycles. The average Bonchev–Trinajstić information content (AvgIpc) is 3.95. The number of nitrogens with zero attached hydrogens (tertiary/aromatic N) is 4. The van der Waals surface area contributed by atoms with Gasteiger partial charge >= 0.3 is 0 Å². The number of hydrogen-bond donors (Lipinski definition) is 1. The van der Waals surface area contributed by atoms with Gasteiger partial charge < -0.3 is 14.4 Å². The monoisotopic (exact) mass is 1160 g/mol. The van der Waals surface area contributed by atoms with Gasteiger partial charge in [-0.05, 0) is 126 Å². The summed E-state index contributed by atoms with van der Waals surface area (Å²) in [5.41, 5.74) is 15.6. The minimum absolute atomic E-state index is 0. The summed E-state index contributed by atoms with van der Waals surface area (Å²) in [4.78, 5) is 11.5. The number of ether oxygens (including phenoxy) is 1. The van der Waals surface area contributed by atoms with Crippen LogP contribution in [0.5, 0.6) is 17.2 Å². The smallest absolute Gasteiger partial charge is 0.151 e. The zero-order valence-electron chi connectivity index (χ0n) is 44.1. The Hall–Kier alpha value is -7.53. The summed E-state index contributed by atoms with van der Waals surface area (Å²) in [5.74, 6) is 2.94. The molecule has 12 aromatic rings. The number of imidazole rings is 1. The predicted octanol–water partition coefficient (Wildman–Crippen LogP) is 18.4. The first kappa shape index (κ1) is 48.4. The second-order valence-corrected chi connectivity index (χ2v) is 23.0. The van der Waals surface area contributed by atoms with Crippen LogP contribution < -0.4 is 4.74 Å². The van der Waals surface area contributed by atoms with Crippen LogP contribution in [0.1, 0.15) is 103 Å². The van der Waals surface area contributed by atoms with Crippen LogP contribution in [-0.4, -0.2) is 24.2 Å². The summed E-state index contributed by atoms with van der Waals surface area (Å²) in [5, 5.41) is 20.5. The van der Waals surface area contributed by atoms with Gasteiger partial charge in [-0.3, -0.25) is 9.55 Å². The Kier molecular flexibility index (Phi) is 11.3. The quantitative estimate of drug-likeness (QED) is 0.133. The topological polar surface area (TPSA) is 65.1 Å². The fourth-order valence-corrected chi connectivity index (χ4v) is 11.8. The van der Waals surface area contributed by atoms with Crippen molar-refractivity contribution in [3.8, 4) is 62.4 Å². The Labute approximate surface area is 452 Å². The van der Waals surface area contributed by atoms with Gasteiger partial charge in [0.15, 0.2) is 11.5 Å². The van der Waals surface area contributed by atoms with E-state index in [0.717, 1.165) is 111 Å². The van der Waals surface area contributed by atoms with Crippen molar-refractivity contribution in [2.24, 2.45) is 0 Å². The Morgan fingerprint density at radius 2 is 1.21 bits per heavy atom. The fraction of sp³-hybridized carbons (Fsp3) is 0.206. The molecule has 0 unspecified atom stereocenters. The van der Waals surface area contributed by atoms with Crippen LogP contribution in [0.25, 0.3) is 110 Å². The van der Waals surface area contributed by atoms with Gasteiger partial charge in [-0.25, -0.2) is 4.98 Å². The summed E-state index contributed by atoms with van der Waals surface area (Å²) in [6.45, 7) is 22.4. The third kappa shape index (κ3) is 7.46. The van der Waals surface area contributed by atoms with E-state index in [0.29, 0.717) is 11.4 Å². The van der Waals surface area contributed by atoms with Crippen molar-refractivity contribution >= 4 is 65.3 Å². The fourth-order valence-electron chi connectivity index (χ4n) is 11.8. The van der Waals surface area contributed by atoms with Crippen molar-refractivity contribution in [1.29, 1.82) is 0 Å². The van der Waals surface area contributed by atoms with Crippen molar-refractivity contribution < 1.29 is 30.9 Å². The number of rotatable bonds is 6. The standard InChI is InChI=1S/C68H59N4O2.Pt/c1-38(2)49-34-41(40-20-12-11-13-21-40)35-50(39(3)4)63(49)72-56-27-18-24-46(62(56)70-66(72)51-36-42(67(5,6)7)37-52(65(51)73)68(8,9)10)53-32-30-45-43-22-14-15-23-44(43)59-47(61(45)69-53)31-33-55-60(59)48-25-19-29-58-64(48)71(55)54-26-16-17-28-57(54)74-58;/h11-30,32-39,73H,1-10H3;/q-1;. The van der Waals surface area contributed by atoms with Crippen LogP contribution in [0.2, 0.25) is 0 Å². The van der Waals surface area contributed by atoms with Crippen LogP contribution in [0.3, 0.4) is 0 Å². The third-order valence-corrected chi connectivity index (χ3v) is 15.5. The van der Waals surface area contributed by atoms with Crippen LogP contribution in [0.15, 0.2) is 158 Å². The number of fused-ring (bicyclic) bond motifs is 13. The molecule has 0 amide bonds.